The van der Waals surface area contributed by atoms with Crippen LogP contribution in [0.1, 0.15) is 5.56 Å². The third kappa shape index (κ3) is 5.70. The summed E-state index contributed by atoms with van der Waals surface area (Å²) in [5.74, 6) is 0.136. The minimum atomic E-state index is -0.964. The Kier molecular flexibility index (Phi) is 6.70. The summed E-state index contributed by atoms with van der Waals surface area (Å²) in [6, 6.07) is 11.0. The van der Waals surface area contributed by atoms with E-state index < -0.39 is 23.0 Å². The quantitative estimate of drug-likeness (QED) is 0.449. The van der Waals surface area contributed by atoms with Crippen LogP contribution in [0.3, 0.4) is 0 Å². The van der Waals surface area contributed by atoms with Gasteiger partial charge in [0.15, 0.2) is 0 Å². The number of ether oxygens (including phenoxy) is 3. The highest BCUT2D eigenvalue weighted by Gasteiger charge is 2.23. The first-order chi connectivity index (χ1) is 12.9. The van der Waals surface area contributed by atoms with Crippen molar-refractivity contribution in [2.24, 2.45) is 0 Å². The number of nitrogens with zero attached hydrogens (tertiary/aromatic N) is 1. The number of hydrogen-bond acceptors (Lipinski definition) is 7. The molecule has 0 aliphatic carbocycles. The van der Waals surface area contributed by atoms with E-state index in [1.807, 2.05) is 0 Å². The maximum Gasteiger partial charge on any atom is 0.413 e. The van der Waals surface area contributed by atoms with Crippen LogP contribution in [0.4, 0.5) is 10.5 Å². The van der Waals surface area contributed by atoms with Crippen molar-refractivity contribution in [3.05, 3.63) is 64.2 Å². The second-order valence-corrected chi connectivity index (χ2v) is 5.41. The Hall–Kier alpha value is -3.62. The van der Waals surface area contributed by atoms with Gasteiger partial charge in [-0.2, -0.15) is 0 Å². The number of carbonyl (C=O) groups is 2. The number of nitro benzene ring substituents is 1. The van der Waals surface area contributed by atoms with Crippen LogP contribution in [-0.2, 0) is 16.0 Å². The minimum absolute atomic E-state index is 0.103. The summed E-state index contributed by atoms with van der Waals surface area (Å²) in [5.41, 5.74) is 0.650. The first-order valence-corrected chi connectivity index (χ1v) is 7.86. The zero-order valence-corrected chi connectivity index (χ0v) is 14.7. The Balaban J connectivity index is 2.02. The van der Waals surface area contributed by atoms with Gasteiger partial charge in [0.2, 0.25) is 0 Å². The molecule has 1 amide bonds. The molecule has 0 fully saturated rings. The molecule has 0 aromatic heterocycles. The second kappa shape index (κ2) is 9.18. The summed E-state index contributed by atoms with van der Waals surface area (Å²) in [5, 5.41) is 13.1. The van der Waals surface area contributed by atoms with Crippen molar-refractivity contribution in [2.45, 2.75) is 12.5 Å². The van der Waals surface area contributed by atoms with Crippen LogP contribution >= 0.6 is 0 Å². The van der Waals surface area contributed by atoms with E-state index in [9.17, 15) is 19.7 Å². The van der Waals surface area contributed by atoms with Crippen LogP contribution in [0.25, 0.3) is 0 Å². The molecule has 2 rings (SSSR count). The van der Waals surface area contributed by atoms with Crippen molar-refractivity contribution in [1.29, 1.82) is 0 Å². The second-order valence-electron chi connectivity index (χ2n) is 5.41. The van der Waals surface area contributed by atoms with Gasteiger partial charge in [-0.05, 0) is 29.8 Å². The molecule has 0 bridgehead atoms. The fourth-order valence-corrected chi connectivity index (χ4v) is 2.25. The first kappa shape index (κ1) is 19.7. The molecule has 0 saturated heterocycles. The van der Waals surface area contributed by atoms with E-state index in [0.29, 0.717) is 5.75 Å². The van der Waals surface area contributed by atoms with Gasteiger partial charge in [-0.15, -0.1) is 0 Å². The zero-order valence-electron chi connectivity index (χ0n) is 14.7. The number of carbonyl (C=O) groups excluding carboxylic acids is 2. The fourth-order valence-electron chi connectivity index (χ4n) is 2.25. The number of nitro groups is 1. The molecule has 27 heavy (non-hydrogen) atoms. The Morgan fingerprint density at radius 2 is 1.63 bits per heavy atom. The van der Waals surface area contributed by atoms with Crippen molar-refractivity contribution >= 4 is 17.7 Å². The lowest BCUT2D eigenvalue weighted by Gasteiger charge is -2.16. The molecule has 0 radical (unpaired) electrons. The molecular weight excluding hydrogens is 356 g/mol. The van der Waals surface area contributed by atoms with Gasteiger partial charge in [-0.1, -0.05) is 12.1 Å². The molecule has 0 aliphatic heterocycles. The summed E-state index contributed by atoms with van der Waals surface area (Å²) in [6.07, 6.45) is -0.695. The normalized spacial score (nSPS) is 11.2. The fraction of sp³-hybridized carbons (Fsp3) is 0.222. The summed E-state index contributed by atoms with van der Waals surface area (Å²) >= 11 is 0. The predicted octanol–water partition coefficient (Wildman–Crippen LogP) is 2.48. The van der Waals surface area contributed by atoms with E-state index in [1.165, 1.54) is 31.4 Å². The molecule has 1 N–H and O–H groups in total. The molecule has 0 aliphatic rings. The Labute approximate surface area is 155 Å². The van der Waals surface area contributed by atoms with E-state index >= 15 is 0 Å². The lowest BCUT2D eigenvalue weighted by molar-refractivity contribution is -0.384. The van der Waals surface area contributed by atoms with Crippen LogP contribution < -0.4 is 14.8 Å². The van der Waals surface area contributed by atoms with Crippen LogP contribution in [-0.4, -0.2) is 37.2 Å². The zero-order chi connectivity index (χ0) is 19.8. The van der Waals surface area contributed by atoms with Gasteiger partial charge in [0, 0.05) is 18.6 Å². The van der Waals surface area contributed by atoms with Crippen molar-refractivity contribution in [2.75, 3.05) is 14.2 Å². The molecule has 1 atom stereocenters. The van der Waals surface area contributed by atoms with E-state index in [1.54, 1.807) is 31.4 Å². The van der Waals surface area contributed by atoms with E-state index in [-0.39, 0.29) is 17.9 Å². The molecule has 0 saturated carbocycles. The van der Waals surface area contributed by atoms with Crippen molar-refractivity contribution in [3.63, 3.8) is 0 Å². The molecule has 2 aromatic carbocycles. The van der Waals surface area contributed by atoms with Crippen LogP contribution in [0.5, 0.6) is 11.5 Å². The molecule has 0 heterocycles. The highest BCUT2D eigenvalue weighted by molar-refractivity contribution is 5.82. The van der Waals surface area contributed by atoms with E-state index in [2.05, 4.69) is 5.32 Å². The number of methoxy groups -OCH3 is 2. The average Bonchev–Trinajstić information content (AvgIpc) is 2.67. The smallest absolute Gasteiger partial charge is 0.413 e. The molecule has 2 aromatic rings. The van der Waals surface area contributed by atoms with Crippen molar-refractivity contribution < 1.29 is 28.7 Å². The number of esters is 1. The van der Waals surface area contributed by atoms with Gasteiger partial charge in [-0.3, -0.25) is 10.1 Å². The Morgan fingerprint density at radius 1 is 1.04 bits per heavy atom. The topological polar surface area (TPSA) is 117 Å². The number of non-ortho nitro benzene ring substituents is 1. The van der Waals surface area contributed by atoms with Crippen LogP contribution in [0, 0.1) is 10.1 Å². The predicted molar refractivity (Wildman–Crippen MR) is 94.8 cm³/mol. The SMILES string of the molecule is COC(=O)[C@H](Cc1ccc(OC)cc1)NC(=O)Oc1ccc([N+](=O)[O-])cc1. The summed E-state index contributed by atoms with van der Waals surface area (Å²) in [6.45, 7) is 0. The van der Waals surface area contributed by atoms with E-state index in [4.69, 9.17) is 14.2 Å². The van der Waals surface area contributed by atoms with E-state index in [0.717, 1.165) is 5.56 Å². The molecule has 9 nitrogen and oxygen atoms in total. The van der Waals surface area contributed by atoms with Gasteiger partial charge in [-0.25, -0.2) is 9.59 Å². The number of benzene rings is 2. The van der Waals surface area contributed by atoms with Gasteiger partial charge >= 0.3 is 12.1 Å². The van der Waals surface area contributed by atoms with Crippen LogP contribution in [0.2, 0.25) is 0 Å². The number of hydrogen-bond donors (Lipinski definition) is 1. The molecule has 0 unspecified atom stereocenters. The Bertz CT molecular complexity index is 803. The molecule has 142 valence electrons. The van der Waals surface area contributed by atoms with Gasteiger partial charge < -0.3 is 19.5 Å². The number of rotatable bonds is 7. The summed E-state index contributed by atoms with van der Waals surface area (Å²) in [4.78, 5) is 34.1. The standard InChI is InChI=1S/C18H18N2O7/c1-25-14-7-3-12(4-8-14)11-16(17(21)26-2)19-18(22)27-15-9-5-13(6-10-15)20(23)24/h3-10,16H,11H2,1-2H3,(H,19,22)/t16-/m0/s1. The maximum atomic E-state index is 12.1. The summed E-state index contributed by atoms with van der Waals surface area (Å²) in [7, 11) is 2.76. The monoisotopic (exact) mass is 374 g/mol. The lowest BCUT2D eigenvalue weighted by atomic mass is 10.1. The summed E-state index contributed by atoms with van der Waals surface area (Å²) < 4.78 is 14.8. The largest absolute Gasteiger partial charge is 0.497 e. The average molecular weight is 374 g/mol. The molecular formula is C18H18N2O7. The van der Waals surface area contributed by atoms with Crippen molar-refractivity contribution in [1.82, 2.24) is 5.32 Å². The number of amides is 1. The maximum absolute atomic E-state index is 12.1. The molecule has 9 heteroatoms. The van der Waals surface area contributed by atoms with Gasteiger partial charge in [0.1, 0.15) is 17.5 Å². The highest BCUT2D eigenvalue weighted by Crippen LogP contribution is 2.18. The van der Waals surface area contributed by atoms with Crippen LogP contribution in [0.15, 0.2) is 48.5 Å². The van der Waals surface area contributed by atoms with Gasteiger partial charge in [0.25, 0.3) is 5.69 Å². The van der Waals surface area contributed by atoms with Gasteiger partial charge in [0.05, 0.1) is 19.1 Å². The highest BCUT2D eigenvalue weighted by atomic mass is 16.6. The third-order valence-electron chi connectivity index (χ3n) is 3.63. The third-order valence-corrected chi connectivity index (χ3v) is 3.63. The lowest BCUT2D eigenvalue weighted by Crippen LogP contribution is -2.44. The molecule has 0 spiro atoms. The van der Waals surface area contributed by atoms with Crippen molar-refractivity contribution in [3.8, 4) is 11.5 Å². The number of nitrogens with one attached hydrogen (secondary N) is 1. The minimum Gasteiger partial charge on any atom is -0.497 e. The first-order valence-electron chi connectivity index (χ1n) is 7.86. The Morgan fingerprint density at radius 3 is 2.15 bits per heavy atom.